The quantitative estimate of drug-likeness (QED) is 0.715. The third-order valence-electron chi connectivity index (χ3n) is 3.96. The van der Waals surface area contributed by atoms with Gasteiger partial charge in [0.1, 0.15) is 4.99 Å². The average Bonchev–Trinajstić information content (AvgIpc) is 2.60. The molecule has 128 valence electrons. The van der Waals surface area contributed by atoms with E-state index in [0.29, 0.717) is 23.9 Å². The van der Waals surface area contributed by atoms with Gasteiger partial charge in [0, 0.05) is 13.1 Å². The van der Waals surface area contributed by atoms with E-state index in [1.165, 1.54) is 0 Å². The van der Waals surface area contributed by atoms with Crippen molar-refractivity contribution in [3.63, 3.8) is 0 Å². The largest absolute Gasteiger partial charge is 0.395 e. The summed E-state index contributed by atoms with van der Waals surface area (Å²) in [6.45, 7) is 5.17. The predicted molar refractivity (Wildman–Crippen MR) is 101 cm³/mol. The van der Waals surface area contributed by atoms with Gasteiger partial charge in [0.15, 0.2) is 5.82 Å². The Balaban J connectivity index is 2.51. The van der Waals surface area contributed by atoms with E-state index in [2.05, 4.69) is 17.1 Å². The van der Waals surface area contributed by atoms with Gasteiger partial charge in [-0.1, -0.05) is 56.4 Å². The molecule has 5 nitrogen and oxygen atoms in total. The Morgan fingerprint density at radius 2 is 1.88 bits per heavy atom. The van der Waals surface area contributed by atoms with E-state index < -0.39 is 0 Å². The Morgan fingerprint density at radius 3 is 2.42 bits per heavy atom. The summed E-state index contributed by atoms with van der Waals surface area (Å²) in [5.74, 6) is 0.648. The number of aliphatic hydroxyl groups is 1. The molecule has 2 rings (SSSR count). The zero-order chi connectivity index (χ0) is 17.5. The highest BCUT2D eigenvalue weighted by atomic mass is 32.1. The maximum atomic E-state index is 9.48. The fourth-order valence-electron chi connectivity index (χ4n) is 2.83. The topological polar surface area (TPSA) is 75.3 Å². The molecule has 1 heterocycles. The number of aryl methyl sites for hydroxylation is 1. The first-order chi connectivity index (χ1) is 11.6. The second-order valence-electron chi connectivity index (χ2n) is 5.53. The van der Waals surface area contributed by atoms with Crippen molar-refractivity contribution < 1.29 is 5.11 Å². The van der Waals surface area contributed by atoms with Gasteiger partial charge >= 0.3 is 0 Å². The van der Waals surface area contributed by atoms with Gasteiger partial charge in [-0.15, -0.1) is 5.10 Å². The summed E-state index contributed by atoms with van der Waals surface area (Å²) in [6, 6.07) is 10.0. The number of aromatic nitrogens is 2. The number of aliphatic hydroxyl groups excluding tert-OH is 1. The minimum atomic E-state index is 0.0161. The van der Waals surface area contributed by atoms with Crippen molar-refractivity contribution in [1.29, 1.82) is 0 Å². The Hall–Kier alpha value is -2.05. The smallest absolute Gasteiger partial charge is 0.162 e. The minimum absolute atomic E-state index is 0.0161. The zero-order valence-electron chi connectivity index (χ0n) is 14.2. The SMILES string of the molecule is CCc1nnc(N(CCO)Cc2ccccc2)c(C(N)=S)c1CC. The fraction of sp³-hybridized carbons (Fsp3) is 0.389. The second kappa shape index (κ2) is 8.70. The molecule has 0 atom stereocenters. The van der Waals surface area contributed by atoms with Gasteiger partial charge in [-0.05, 0) is 24.0 Å². The van der Waals surface area contributed by atoms with Gasteiger partial charge in [0.05, 0.1) is 17.9 Å². The van der Waals surface area contributed by atoms with E-state index in [-0.39, 0.29) is 6.61 Å². The van der Waals surface area contributed by atoms with Crippen molar-refractivity contribution in [2.75, 3.05) is 18.1 Å². The van der Waals surface area contributed by atoms with Crippen molar-refractivity contribution in [3.05, 3.63) is 52.7 Å². The number of nitrogens with zero attached hydrogens (tertiary/aromatic N) is 3. The van der Waals surface area contributed by atoms with Gasteiger partial charge < -0.3 is 15.7 Å². The number of hydrogen-bond donors (Lipinski definition) is 2. The fourth-order valence-corrected chi connectivity index (χ4v) is 3.04. The van der Waals surface area contributed by atoms with Gasteiger partial charge in [0.25, 0.3) is 0 Å². The number of nitrogens with two attached hydrogens (primary N) is 1. The van der Waals surface area contributed by atoms with E-state index in [1.54, 1.807) is 0 Å². The van der Waals surface area contributed by atoms with Gasteiger partial charge in [-0.25, -0.2) is 0 Å². The molecule has 1 aromatic carbocycles. The first-order valence-electron chi connectivity index (χ1n) is 8.20. The highest BCUT2D eigenvalue weighted by molar-refractivity contribution is 7.80. The van der Waals surface area contributed by atoms with Crippen LogP contribution in [0.25, 0.3) is 0 Å². The second-order valence-corrected chi connectivity index (χ2v) is 5.97. The highest BCUT2D eigenvalue weighted by Gasteiger charge is 2.21. The van der Waals surface area contributed by atoms with Crippen molar-refractivity contribution in [1.82, 2.24) is 10.2 Å². The maximum Gasteiger partial charge on any atom is 0.162 e. The molecule has 0 aliphatic rings. The molecule has 0 saturated carbocycles. The van der Waals surface area contributed by atoms with Crippen molar-refractivity contribution in [2.24, 2.45) is 5.73 Å². The lowest BCUT2D eigenvalue weighted by molar-refractivity contribution is 0.301. The first kappa shape index (κ1) is 18.3. The molecule has 6 heteroatoms. The van der Waals surface area contributed by atoms with Crippen LogP contribution in [0.4, 0.5) is 5.82 Å². The van der Waals surface area contributed by atoms with Crippen LogP contribution in [0.5, 0.6) is 0 Å². The Kier molecular flexibility index (Phi) is 6.63. The molecule has 0 fully saturated rings. The molecule has 0 saturated heterocycles. The van der Waals surface area contributed by atoms with Crippen LogP contribution in [0.15, 0.2) is 30.3 Å². The standard InChI is InChI=1S/C18H24N4OS/c1-3-14-15(4-2)20-21-18(16(14)17(19)24)22(10-11-23)12-13-8-6-5-7-9-13/h5-9,23H,3-4,10-12H2,1-2H3,(H2,19,24). The Labute approximate surface area is 148 Å². The summed E-state index contributed by atoms with van der Waals surface area (Å²) in [5.41, 5.74) is 9.89. The van der Waals surface area contributed by atoms with Crippen LogP contribution < -0.4 is 10.6 Å². The monoisotopic (exact) mass is 344 g/mol. The molecule has 0 spiro atoms. The number of rotatable bonds is 8. The van der Waals surface area contributed by atoms with Crippen LogP contribution in [0.1, 0.15) is 36.2 Å². The van der Waals surface area contributed by atoms with E-state index >= 15 is 0 Å². The lowest BCUT2D eigenvalue weighted by atomic mass is 10.0. The van der Waals surface area contributed by atoms with E-state index in [1.807, 2.05) is 42.2 Å². The summed E-state index contributed by atoms with van der Waals surface area (Å²) in [7, 11) is 0. The van der Waals surface area contributed by atoms with E-state index in [0.717, 1.165) is 35.2 Å². The molecule has 0 aliphatic heterocycles. The third-order valence-corrected chi connectivity index (χ3v) is 4.16. The molecule has 1 aromatic heterocycles. The highest BCUT2D eigenvalue weighted by Crippen LogP contribution is 2.25. The summed E-state index contributed by atoms with van der Waals surface area (Å²) >= 11 is 5.30. The Morgan fingerprint density at radius 1 is 1.17 bits per heavy atom. The van der Waals surface area contributed by atoms with Gasteiger partial charge in [-0.3, -0.25) is 0 Å². The number of hydrogen-bond acceptors (Lipinski definition) is 5. The zero-order valence-corrected chi connectivity index (χ0v) is 15.0. The normalized spacial score (nSPS) is 10.6. The summed E-state index contributed by atoms with van der Waals surface area (Å²) < 4.78 is 0. The average molecular weight is 344 g/mol. The van der Waals surface area contributed by atoms with Crippen molar-refractivity contribution >= 4 is 23.0 Å². The molecule has 0 bridgehead atoms. The van der Waals surface area contributed by atoms with Gasteiger partial charge in [0.2, 0.25) is 0 Å². The van der Waals surface area contributed by atoms with Crippen LogP contribution in [0.3, 0.4) is 0 Å². The number of anilines is 1. The molecule has 2 aromatic rings. The maximum absolute atomic E-state index is 9.48. The summed E-state index contributed by atoms with van der Waals surface area (Å²) in [4.78, 5) is 2.30. The van der Waals surface area contributed by atoms with Crippen LogP contribution >= 0.6 is 12.2 Å². The predicted octanol–water partition coefficient (Wildman–Crippen LogP) is 2.23. The molecule has 3 N–H and O–H groups in total. The molecule has 0 aliphatic carbocycles. The van der Waals surface area contributed by atoms with Crippen molar-refractivity contribution in [2.45, 2.75) is 33.2 Å². The molecule has 0 amide bonds. The van der Waals surface area contributed by atoms with Crippen LogP contribution in [0, 0.1) is 0 Å². The van der Waals surface area contributed by atoms with Gasteiger partial charge in [-0.2, -0.15) is 5.10 Å². The molecular weight excluding hydrogens is 320 g/mol. The lowest BCUT2D eigenvalue weighted by Crippen LogP contribution is -2.31. The van der Waals surface area contributed by atoms with Crippen LogP contribution in [-0.4, -0.2) is 33.4 Å². The molecule has 24 heavy (non-hydrogen) atoms. The van der Waals surface area contributed by atoms with E-state index in [4.69, 9.17) is 18.0 Å². The molecule has 0 unspecified atom stereocenters. The first-order valence-corrected chi connectivity index (χ1v) is 8.61. The minimum Gasteiger partial charge on any atom is -0.395 e. The molecule has 0 radical (unpaired) electrons. The number of benzene rings is 1. The number of thiocarbonyl (C=S) groups is 1. The summed E-state index contributed by atoms with van der Waals surface area (Å²) in [6.07, 6.45) is 1.57. The Bertz CT molecular complexity index is 691. The molecular formula is C18H24N4OS. The third kappa shape index (κ3) is 4.07. The van der Waals surface area contributed by atoms with Crippen LogP contribution in [-0.2, 0) is 19.4 Å². The van der Waals surface area contributed by atoms with Crippen molar-refractivity contribution in [3.8, 4) is 0 Å². The lowest BCUT2D eigenvalue weighted by Gasteiger charge is -2.26. The van der Waals surface area contributed by atoms with E-state index in [9.17, 15) is 5.11 Å². The summed E-state index contributed by atoms with van der Waals surface area (Å²) in [5, 5.41) is 18.2. The van der Waals surface area contributed by atoms with Crippen LogP contribution in [0.2, 0.25) is 0 Å².